The Morgan fingerprint density at radius 1 is 0.808 bits per heavy atom. The number of hydrogen-bond donors (Lipinski definition) is 2. The Morgan fingerprint density at radius 2 is 1.42 bits per heavy atom. The monoisotopic (exact) mass is 358 g/mol. The van der Waals surface area contributed by atoms with Crippen LogP contribution in [-0.4, -0.2) is 47.8 Å². The van der Waals surface area contributed by atoms with E-state index in [9.17, 15) is 10.2 Å². The fourth-order valence-electron chi connectivity index (χ4n) is 3.31. The first-order chi connectivity index (χ1) is 12.8. The van der Waals surface area contributed by atoms with Crippen molar-refractivity contribution in [3.8, 4) is 0 Å². The highest BCUT2D eigenvalue weighted by atomic mass is 16.8. The fraction of sp³-hybridized carbons (Fsp3) is 0.400. The summed E-state index contributed by atoms with van der Waals surface area (Å²) in [5.41, 5.74) is 1.73. The molecule has 2 aromatic carbocycles. The lowest BCUT2D eigenvalue weighted by atomic mass is 10.0. The van der Waals surface area contributed by atoms with Crippen molar-refractivity contribution >= 4 is 0 Å². The molecule has 6 atom stereocenters. The van der Waals surface area contributed by atoms with E-state index in [1.54, 1.807) is 0 Å². The zero-order chi connectivity index (χ0) is 17.9. The van der Waals surface area contributed by atoms with Crippen molar-refractivity contribution in [1.82, 2.24) is 0 Å². The van der Waals surface area contributed by atoms with E-state index in [-0.39, 0.29) is 6.61 Å². The van der Waals surface area contributed by atoms with Gasteiger partial charge in [-0.3, -0.25) is 0 Å². The molecule has 2 aromatic rings. The van der Waals surface area contributed by atoms with Gasteiger partial charge in [-0.1, -0.05) is 60.7 Å². The number of rotatable bonds is 4. The van der Waals surface area contributed by atoms with Gasteiger partial charge in [0.15, 0.2) is 12.6 Å². The van der Waals surface area contributed by atoms with Crippen LogP contribution in [0.15, 0.2) is 60.7 Å². The summed E-state index contributed by atoms with van der Waals surface area (Å²) >= 11 is 0. The summed E-state index contributed by atoms with van der Waals surface area (Å²) in [5, 5.41) is 20.2. The maximum atomic E-state index is 10.6. The van der Waals surface area contributed by atoms with Crippen LogP contribution < -0.4 is 0 Å². The molecule has 2 aliphatic rings. The molecule has 0 aromatic heterocycles. The minimum absolute atomic E-state index is 0.293. The van der Waals surface area contributed by atoms with Crippen LogP contribution in [0.1, 0.15) is 23.7 Å². The van der Waals surface area contributed by atoms with Gasteiger partial charge in [0.1, 0.15) is 24.4 Å². The molecule has 138 valence electrons. The number of benzene rings is 2. The smallest absolute Gasteiger partial charge is 0.184 e. The van der Waals surface area contributed by atoms with Crippen molar-refractivity contribution < 1.29 is 29.2 Å². The Morgan fingerprint density at radius 3 is 2.04 bits per heavy atom. The van der Waals surface area contributed by atoms with Crippen molar-refractivity contribution in [3.05, 3.63) is 71.8 Å². The zero-order valence-corrected chi connectivity index (χ0v) is 14.2. The molecule has 26 heavy (non-hydrogen) atoms. The molecule has 2 heterocycles. The molecule has 0 aliphatic carbocycles. The SMILES string of the molecule is OC[C@H]1OC(c2ccccc2)O[C@@H]([C@@H]2COC(c3ccccc3)O2)[C@H]1O. The molecule has 2 aliphatic heterocycles. The normalized spacial score (nSPS) is 34.7. The highest BCUT2D eigenvalue weighted by molar-refractivity contribution is 5.18. The third-order valence-corrected chi connectivity index (χ3v) is 4.70. The van der Waals surface area contributed by atoms with Gasteiger partial charge in [-0.15, -0.1) is 0 Å². The molecule has 0 radical (unpaired) electrons. The molecule has 0 bridgehead atoms. The summed E-state index contributed by atoms with van der Waals surface area (Å²) in [6, 6.07) is 19.1. The van der Waals surface area contributed by atoms with Gasteiger partial charge in [-0.25, -0.2) is 0 Å². The average molecular weight is 358 g/mol. The predicted octanol–water partition coefficient (Wildman–Crippen LogP) is 1.94. The molecular weight excluding hydrogens is 336 g/mol. The average Bonchev–Trinajstić information content (AvgIpc) is 3.19. The lowest BCUT2D eigenvalue weighted by Crippen LogP contribution is -2.54. The number of ether oxygens (including phenoxy) is 4. The van der Waals surface area contributed by atoms with Gasteiger partial charge in [0.2, 0.25) is 0 Å². The van der Waals surface area contributed by atoms with E-state index in [1.807, 2.05) is 60.7 Å². The van der Waals surface area contributed by atoms with Crippen molar-refractivity contribution in [1.29, 1.82) is 0 Å². The molecule has 2 unspecified atom stereocenters. The van der Waals surface area contributed by atoms with Gasteiger partial charge < -0.3 is 29.2 Å². The van der Waals surface area contributed by atoms with Crippen LogP contribution in [0.25, 0.3) is 0 Å². The molecule has 2 fully saturated rings. The maximum Gasteiger partial charge on any atom is 0.184 e. The van der Waals surface area contributed by atoms with Crippen molar-refractivity contribution in [3.63, 3.8) is 0 Å². The first kappa shape index (κ1) is 17.6. The molecule has 0 spiro atoms. The van der Waals surface area contributed by atoms with E-state index in [0.717, 1.165) is 11.1 Å². The predicted molar refractivity (Wildman–Crippen MR) is 92.0 cm³/mol. The quantitative estimate of drug-likeness (QED) is 0.870. The van der Waals surface area contributed by atoms with Gasteiger partial charge in [0.25, 0.3) is 0 Å². The topological polar surface area (TPSA) is 77.4 Å². The van der Waals surface area contributed by atoms with Crippen molar-refractivity contribution in [2.75, 3.05) is 13.2 Å². The maximum absolute atomic E-state index is 10.6. The number of aliphatic hydroxyl groups is 2. The fourth-order valence-corrected chi connectivity index (χ4v) is 3.31. The summed E-state index contributed by atoms with van der Waals surface area (Å²) in [5.74, 6) is 0. The van der Waals surface area contributed by atoms with Gasteiger partial charge in [-0.05, 0) is 0 Å². The minimum Gasteiger partial charge on any atom is -0.394 e. The van der Waals surface area contributed by atoms with Crippen LogP contribution in [0, 0.1) is 0 Å². The molecule has 2 N–H and O–H groups in total. The second-order valence-electron chi connectivity index (χ2n) is 6.44. The molecule has 6 heteroatoms. The van der Waals surface area contributed by atoms with Crippen molar-refractivity contribution in [2.24, 2.45) is 0 Å². The van der Waals surface area contributed by atoms with Gasteiger partial charge in [0, 0.05) is 11.1 Å². The van der Waals surface area contributed by atoms with Crippen LogP contribution >= 0.6 is 0 Å². The zero-order valence-electron chi connectivity index (χ0n) is 14.2. The van der Waals surface area contributed by atoms with Gasteiger partial charge in [-0.2, -0.15) is 0 Å². The van der Waals surface area contributed by atoms with Crippen LogP contribution in [0.4, 0.5) is 0 Å². The molecule has 0 saturated carbocycles. The highest BCUT2D eigenvalue weighted by Crippen LogP contribution is 2.36. The third kappa shape index (κ3) is 3.53. The molecule has 2 saturated heterocycles. The van der Waals surface area contributed by atoms with Crippen LogP contribution in [0.5, 0.6) is 0 Å². The number of aliphatic hydroxyl groups excluding tert-OH is 2. The lowest BCUT2D eigenvalue weighted by molar-refractivity contribution is -0.310. The van der Waals surface area contributed by atoms with E-state index < -0.39 is 37.0 Å². The summed E-state index contributed by atoms with van der Waals surface area (Å²) < 4.78 is 23.4. The van der Waals surface area contributed by atoms with Crippen molar-refractivity contribution in [2.45, 2.75) is 37.0 Å². The third-order valence-electron chi connectivity index (χ3n) is 4.70. The van der Waals surface area contributed by atoms with Crippen LogP contribution in [0.3, 0.4) is 0 Å². The van der Waals surface area contributed by atoms with E-state index >= 15 is 0 Å². The Balaban J connectivity index is 1.51. The van der Waals surface area contributed by atoms with E-state index in [2.05, 4.69) is 0 Å². The summed E-state index contributed by atoms with van der Waals surface area (Å²) in [6.45, 7) is -0.0129. The molecule has 6 nitrogen and oxygen atoms in total. The first-order valence-electron chi connectivity index (χ1n) is 8.73. The number of hydrogen-bond acceptors (Lipinski definition) is 6. The van der Waals surface area contributed by atoms with E-state index in [4.69, 9.17) is 18.9 Å². The van der Waals surface area contributed by atoms with Crippen LogP contribution in [0.2, 0.25) is 0 Å². The largest absolute Gasteiger partial charge is 0.394 e. The second-order valence-corrected chi connectivity index (χ2v) is 6.44. The summed E-state index contributed by atoms with van der Waals surface area (Å²) in [7, 11) is 0. The Hall–Kier alpha value is -1.80. The Labute approximate surface area is 151 Å². The van der Waals surface area contributed by atoms with Gasteiger partial charge in [0.05, 0.1) is 13.2 Å². The molecule has 0 amide bonds. The Kier molecular flexibility index (Phi) is 5.31. The lowest BCUT2D eigenvalue weighted by Gasteiger charge is -2.40. The second kappa shape index (κ2) is 7.84. The molecule has 4 rings (SSSR count). The minimum atomic E-state index is -1.01. The molecular formula is C20H22O6. The highest BCUT2D eigenvalue weighted by Gasteiger charge is 2.46. The van der Waals surface area contributed by atoms with E-state index in [1.165, 1.54) is 0 Å². The Bertz CT molecular complexity index is 694. The van der Waals surface area contributed by atoms with Gasteiger partial charge >= 0.3 is 0 Å². The first-order valence-corrected chi connectivity index (χ1v) is 8.73. The summed E-state index contributed by atoms with van der Waals surface area (Å²) in [6.07, 6.45) is -4.07. The van der Waals surface area contributed by atoms with E-state index in [0.29, 0.717) is 6.61 Å². The summed E-state index contributed by atoms with van der Waals surface area (Å²) in [4.78, 5) is 0. The standard InChI is InChI=1S/C20H22O6/c21-11-15-17(22)18(26-20(24-15)14-9-5-2-6-10-14)16-12-23-19(25-16)13-7-3-1-4-8-13/h1-10,15-22H,11-12H2/t15-,16+,17+,18+,19?,20?/m1/s1. The van der Waals surface area contributed by atoms with Crippen LogP contribution in [-0.2, 0) is 18.9 Å².